The van der Waals surface area contributed by atoms with E-state index in [1.54, 1.807) is 18.2 Å². The van der Waals surface area contributed by atoms with Crippen molar-refractivity contribution in [2.75, 3.05) is 25.1 Å². The zero-order valence-electron chi connectivity index (χ0n) is 12.6. The smallest absolute Gasteiger partial charge is 0.340 e. The lowest BCUT2D eigenvalue weighted by molar-refractivity contribution is -0.122. The number of anilines is 1. The molecule has 1 aromatic carbocycles. The number of ether oxygens (including phenoxy) is 2. The van der Waals surface area contributed by atoms with Crippen molar-refractivity contribution in [3.8, 4) is 0 Å². The Morgan fingerprint density at radius 3 is 2.77 bits per heavy atom. The molecule has 0 aromatic heterocycles. The van der Waals surface area contributed by atoms with Crippen LogP contribution in [0.25, 0.3) is 0 Å². The van der Waals surface area contributed by atoms with E-state index in [9.17, 15) is 9.59 Å². The summed E-state index contributed by atoms with van der Waals surface area (Å²) in [5, 5.41) is 2.85. The Labute approximate surface area is 138 Å². The number of amides is 1. The third-order valence-corrected chi connectivity index (χ3v) is 3.98. The molecule has 1 N–H and O–H groups in total. The fourth-order valence-corrected chi connectivity index (χ4v) is 2.62. The van der Waals surface area contributed by atoms with Gasteiger partial charge in [0.2, 0.25) is 5.91 Å². The summed E-state index contributed by atoms with van der Waals surface area (Å²) < 4.78 is 11.2. The highest BCUT2D eigenvalue weighted by Gasteiger charge is 2.23. The first kappa shape index (κ1) is 17.0. The normalized spacial score (nSPS) is 15.4. The fourth-order valence-electron chi connectivity index (χ4n) is 2.26. The van der Waals surface area contributed by atoms with E-state index >= 15 is 0 Å². The summed E-state index contributed by atoms with van der Waals surface area (Å²) in [5.74, 6) is -0.572. The number of carbonyl (C=O) groups excluding carboxylic acids is 2. The molecule has 1 heterocycles. The van der Waals surface area contributed by atoms with Gasteiger partial charge in [-0.3, -0.25) is 4.79 Å². The van der Waals surface area contributed by atoms with Gasteiger partial charge in [-0.2, -0.15) is 0 Å². The summed E-state index contributed by atoms with van der Waals surface area (Å²) in [4.78, 5) is 24.4. The number of hydrogen-bond donors (Lipinski definition) is 1. The molecule has 1 fully saturated rings. The van der Waals surface area contributed by atoms with Gasteiger partial charge in [0.1, 0.15) is 0 Å². The Bertz CT molecular complexity index is 541. The Balaban J connectivity index is 2.12. The number of halogens is 1. The van der Waals surface area contributed by atoms with Gasteiger partial charge in [-0.05, 0) is 37.5 Å². The monoisotopic (exact) mass is 369 g/mol. The van der Waals surface area contributed by atoms with Gasteiger partial charge in [-0.15, -0.1) is 0 Å². The molecular weight excluding hydrogens is 350 g/mol. The van der Waals surface area contributed by atoms with Crippen molar-refractivity contribution in [3.63, 3.8) is 0 Å². The molecular formula is C16H20BrNO4. The van der Waals surface area contributed by atoms with Crippen LogP contribution >= 0.6 is 15.9 Å². The van der Waals surface area contributed by atoms with E-state index in [4.69, 9.17) is 9.47 Å². The van der Waals surface area contributed by atoms with Crippen LogP contribution < -0.4 is 5.32 Å². The Morgan fingerprint density at radius 1 is 1.36 bits per heavy atom. The van der Waals surface area contributed by atoms with E-state index in [2.05, 4.69) is 21.2 Å². The molecule has 1 amide bonds. The Kier molecular flexibility index (Phi) is 6.39. The van der Waals surface area contributed by atoms with Crippen LogP contribution in [-0.2, 0) is 14.3 Å². The van der Waals surface area contributed by atoms with E-state index in [0.29, 0.717) is 43.9 Å². The van der Waals surface area contributed by atoms with Crippen molar-refractivity contribution in [1.29, 1.82) is 0 Å². The van der Waals surface area contributed by atoms with Gasteiger partial charge in [0, 0.05) is 23.6 Å². The number of benzene rings is 1. The van der Waals surface area contributed by atoms with Crippen molar-refractivity contribution < 1.29 is 19.1 Å². The lowest BCUT2D eigenvalue weighted by Crippen LogP contribution is -2.29. The van der Waals surface area contributed by atoms with Crippen LogP contribution in [0.5, 0.6) is 0 Å². The van der Waals surface area contributed by atoms with Crippen LogP contribution in [0.2, 0.25) is 0 Å². The molecule has 1 saturated heterocycles. The first-order chi connectivity index (χ1) is 10.6. The average Bonchev–Trinajstić information content (AvgIpc) is 2.55. The maximum Gasteiger partial charge on any atom is 0.340 e. The molecule has 2 rings (SSSR count). The first-order valence-corrected chi connectivity index (χ1v) is 8.26. The second-order valence-corrected chi connectivity index (χ2v) is 6.12. The predicted octanol–water partition coefficient (Wildman–Crippen LogP) is 3.38. The van der Waals surface area contributed by atoms with Gasteiger partial charge in [-0.25, -0.2) is 4.79 Å². The summed E-state index contributed by atoms with van der Waals surface area (Å²) in [6.07, 6.45) is 2.17. The molecule has 0 saturated carbocycles. The second-order valence-electron chi connectivity index (χ2n) is 5.20. The summed E-state index contributed by atoms with van der Waals surface area (Å²) in [7, 11) is 0. The summed E-state index contributed by atoms with van der Waals surface area (Å²) in [6, 6.07) is 5.16. The molecule has 1 aliphatic rings. The van der Waals surface area contributed by atoms with Crippen molar-refractivity contribution in [3.05, 3.63) is 28.2 Å². The van der Waals surface area contributed by atoms with Crippen LogP contribution in [-0.4, -0.2) is 31.7 Å². The SMILES string of the molecule is CCCOC(=O)c1cc(Br)ccc1NC(=O)C1CCOCC1. The van der Waals surface area contributed by atoms with Crippen LogP contribution in [0.4, 0.5) is 5.69 Å². The molecule has 1 aliphatic heterocycles. The minimum absolute atomic E-state index is 0.0723. The van der Waals surface area contributed by atoms with E-state index < -0.39 is 5.97 Å². The van der Waals surface area contributed by atoms with Gasteiger partial charge < -0.3 is 14.8 Å². The second kappa shape index (κ2) is 8.29. The third kappa shape index (κ3) is 4.55. The molecule has 0 radical (unpaired) electrons. The lowest BCUT2D eigenvalue weighted by atomic mass is 9.99. The van der Waals surface area contributed by atoms with Gasteiger partial charge in [-0.1, -0.05) is 22.9 Å². The van der Waals surface area contributed by atoms with Gasteiger partial charge >= 0.3 is 5.97 Å². The highest BCUT2D eigenvalue weighted by molar-refractivity contribution is 9.10. The standard InChI is InChI=1S/C16H20BrNO4/c1-2-7-22-16(20)13-10-12(17)3-4-14(13)18-15(19)11-5-8-21-9-6-11/h3-4,10-11H,2,5-9H2,1H3,(H,18,19). The lowest BCUT2D eigenvalue weighted by Gasteiger charge is -2.21. The molecule has 0 unspecified atom stereocenters. The third-order valence-electron chi connectivity index (χ3n) is 3.49. The largest absolute Gasteiger partial charge is 0.462 e. The van der Waals surface area contributed by atoms with E-state index in [1.807, 2.05) is 6.92 Å². The Hall–Kier alpha value is -1.40. The van der Waals surface area contributed by atoms with Crippen molar-refractivity contribution in [1.82, 2.24) is 0 Å². The quantitative estimate of drug-likeness (QED) is 0.808. The molecule has 120 valence electrons. The number of rotatable bonds is 5. The van der Waals surface area contributed by atoms with Crippen LogP contribution in [0.3, 0.4) is 0 Å². The minimum Gasteiger partial charge on any atom is -0.462 e. The van der Waals surface area contributed by atoms with Crippen molar-refractivity contribution in [2.45, 2.75) is 26.2 Å². The number of esters is 1. The van der Waals surface area contributed by atoms with E-state index in [0.717, 1.165) is 10.9 Å². The first-order valence-electron chi connectivity index (χ1n) is 7.47. The average molecular weight is 370 g/mol. The zero-order valence-corrected chi connectivity index (χ0v) is 14.1. The molecule has 22 heavy (non-hydrogen) atoms. The van der Waals surface area contributed by atoms with Crippen LogP contribution in [0.15, 0.2) is 22.7 Å². The molecule has 0 spiro atoms. The van der Waals surface area contributed by atoms with Crippen molar-refractivity contribution >= 4 is 33.5 Å². The van der Waals surface area contributed by atoms with E-state index in [-0.39, 0.29) is 11.8 Å². The maximum atomic E-state index is 12.3. The van der Waals surface area contributed by atoms with Gasteiger partial charge in [0.25, 0.3) is 0 Å². The molecule has 0 bridgehead atoms. The highest BCUT2D eigenvalue weighted by atomic mass is 79.9. The number of nitrogens with one attached hydrogen (secondary N) is 1. The van der Waals surface area contributed by atoms with Crippen LogP contribution in [0.1, 0.15) is 36.5 Å². The maximum absolute atomic E-state index is 12.3. The topological polar surface area (TPSA) is 64.6 Å². The minimum atomic E-state index is -0.426. The number of hydrogen-bond acceptors (Lipinski definition) is 4. The molecule has 1 aromatic rings. The summed E-state index contributed by atoms with van der Waals surface area (Å²) >= 11 is 3.34. The number of carbonyl (C=O) groups is 2. The summed E-state index contributed by atoms with van der Waals surface area (Å²) in [5.41, 5.74) is 0.851. The molecule has 0 atom stereocenters. The summed E-state index contributed by atoms with van der Waals surface area (Å²) in [6.45, 7) is 3.49. The van der Waals surface area contributed by atoms with Gasteiger partial charge in [0.05, 0.1) is 17.9 Å². The molecule has 5 nitrogen and oxygen atoms in total. The van der Waals surface area contributed by atoms with Gasteiger partial charge in [0.15, 0.2) is 0 Å². The Morgan fingerprint density at radius 2 is 2.09 bits per heavy atom. The van der Waals surface area contributed by atoms with Crippen molar-refractivity contribution in [2.24, 2.45) is 5.92 Å². The van der Waals surface area contributed by atoms with E-state index in [1.165, 1.54) is 0 Å². The highest BCUT2D eigenvalue weighted by Crippen LogP contribution is 2.24. The molecule has 6 heteroatoms. The fraction of sp³-hybridized carbons (Fsp3) is 0.500. The zero-order chi connectivity index (χ0) is 15.9. The predicted molar refractivity (Wildman–Crippen MR) is 86.9 cm³/mol. The molecule has 0 aliphatic carbocycles. The van der Waals surface area contributed by atoms with Crippen LogP contribution in [0, 0.1) is 5.92 Å².